The normalized spacial score (nSPS) is 12.3. The monoisotopic (exact) mass is 323 g/mol. The highest BCUT2D eigenvalue weighted by molar-refractivity contribution is 5.94. The maximum atomic E-state index is 12.3. The van der Waals surface area contributed by atoms with Crippen LogP contribution in [0, 0.1) is 6.92 Å². The Morgan fingerprint density at radius 3 is 2.78 bits per heavy atom. The molecule has 1 atom stereocenters. The van der Waals surface area contributed by atoms with Crippen molar-refractivity contribution in [2.45, 2.75) is 40.0 Å². The lowest BCUT2D eigenvalue weighted by atomic mass is 10.1. The van der Waals surface area contributed by atoms with Gasteiger partial charge in [0.15, 0.2) is 0 Å². The summed E-state index contributed by atoms with van der Waals surface area (Å²) >= 11 is 0. The van der Waals surface area contributed by atoms with Crippen molar-refractivity contribution in [1.29, 1.82) is 0 Å². The van der Waals surface area contributed by atoms with Gasteiger partial charge in [-0.1, -0.05) is 6.07 Å². The lowest BCUT2D eigenvalue weighted by Gasteiger charge is -2.14. The summed E-state index contributed by atoms with van der Waals surface area (Å²) in [4.78, 5) is 12.3. The van der Waals surface area contributed by atoms with Gasteiger partial charge in [0.05, 0.1) is 11.7 Å². The van der Waals surface area contributed by atoms with Crippen molar-refractivity contribution in [1.82, 2.24) is 15.1 Å². The summed E-state index contributed by atoms with van der Waals surface area (Å²) in [5.41, 5.74) is 2.02. The van der Waals surface area contributed by atoms with Gasteiger partial charge in [-0.25, -0.2) is 0 Å². The topological polar surface area (TPSA) is 56.2 Å². The van der Waals surface area contributed by atoms with Crippen molar-refractivity contribution in [3.8, 4) is 5.75 Å². The molecule has 1 aromatic heterocycles. The molecule has 0 spiro atoms. The van der Waals surface area contributed by atoms with Crippen LogP contribution in [-0.4, -0.2) is 22.3 Å². The van der Waals surface area contributed by atoms with Crippen molar-refractivity contribution < 1.29 is 18.3 Å². The first-order valence-corrected chi connectivity index (χ1v) is 7.30. The molecule has 7 heteroatoms. The van der Waals surface area contributed by atoms with Crippen LogP contribution in [0.3, 0.4) is 0 Å². The Balaban J connectivity index is 2.10. The third-order valence-corrected chi connectivity index (χ3v) is 3.44. The highest BCUT2D eigenvalue weighted by Crippen LogP contribution is 2.19. The van der Waals surface area contributed by atoms with Crippen LogP contribution >= 0.6 is 0 Å². The molecule has 23 heavy (non-hydrogen) atoms. The number of carbonyl (C=O) groups is 1. The number of nitrogens with one attached hydrogen (secondary N) is 1. The molecule has 0 radical (unpaired) electrons. The number of ether oxygens (including phenoxy) is 1. The van der Waals surface area contributed by atoms with Crippen molar-refractivity contribution in [2.24, 2.45) is 0 Å². The lowest BCUT2D eigenvalue weighted by molar-refractivity contribution is -0.0498. The second-order valence-electron chi connectivity index (χ2n) is 5.13. The first kappa shape index (κ1) is 16.9. The smallest absolute Gasteiger partial charge is 0.387 e. The predicted octanol–water partition coefficient (Wildman–Crippen LogP) is 3.30. The van der Waals surface area contributed by atoms with Gasteiger partial charge in [-0.05, 0) is 39.0 Å². The Morgan fingerprint density at radius 2 is 2.17 bits per heavy atom. The third-order valence-electron chi connectivity index (χ3n) is 3.44. The molecule has 0 bridgehead atoms. The zero-order chi connectivity index (χ0) is 17.0. The van der Waals surface area contributed by atoms with Gasteiger partial charge in [-0.15, -0.1) is 0 Å². The minimum Gasteiger partial charge on any atom is -0.435 e. The minimum atomic E-state index is -2.92. The second-order valence-corrected chi connectivity index (χ2v) is 5.13. The zero-order valence-corrected chi connectivity index (χ0v) is 13.2. The van der Waals surface area contributed by atoms with E-state index in [-0.39, 0.29) is 23.3 Å². The summed E-state index contributed by atoms with van der Waals surface area (Å²) in [6.45, 7) is 3.53. The molecule has 1 amide bonds. The molecule has 0 fully saturated rings. The number of nitrogens with zero attached hydrogens (tertiary/aromatic N) is 2. The molecule has 1 heterocycles. The molecular weight excluding hydrogens is 304 g/mol. The van der Waals surface area contributed by atoms with Crippen LogP contribution in [0.15, 0.2) is 30.5 Å². The number of halogens is 2. The van der Waals surface area contributed by atoms with Gasteiger partial charge in [0.1, 0.15) is 5.75 Å². The quantitative estimate of drug-likeness (QED) is 0.887. The van der Waals surface area contributed by atoms with Crippen LogP contribution in [0.4, 0.5) is 8.78 Å². The van der Waals surface area contributed by atoms with E-state index in [1.807, 2.05) is 27.0 Å². The summed E-state index contributed by atoms with van der Waals surface area (Å²) in [6, 6.07) is 5.46. The number of alkyl halides is 2. The molecule has 124 valence electrons. The Hall–Kier alpha value is -2.44. The van der Waals surface area contributed by atoms with E-state index in [2.05, 4.69) is 15.2 Å². The van der Waals surface area contributed by atoms with Crippen molar-refractivity contribution >= 4 is 5.91 Å². The van der Waals surface area contributed by atoms with Crippen LogP contribution in [0.2, 0.25) is 0 Å². The van der Waals surface area contributed by atoms with Crippen molar-refractivity contribution in [2.75, 3.05) is 0 Å². The Morgan fingerprint density at radius 1 is 1.43 bits per heavy atom. The summed E-state index contributed by atoms with van der Waals surface area (Å²) in [5, 5.41) is 7.17. The van der Waals surface area contributed by atoms with E-state index in [0.29, 0.717) is 0 Å². The highest BCUT2D eigenvalue weighted by Gasteiger charge is 2.16. The van der Waals surface area contributed by atoms with Gasteiger partial charge in [0.25, 0.3) is 5.91 Å². The Labute approximate surface area is 133 Å². The predicted molar refractivity (Wildman–Crippen MR) is 81.6 cm³/mol. The number of aryl methyl sites for hydroxylation is 2. The van der Waals surface area contributed by atoms with E-state index in [9.17, 15) is 13.6 Å². The molecule has 0 aliphatic carbocycles. The second kappa shape index (κ2) is 7.21. The average molecular weight is 323 g/mol. The summed E-state index contributed by atoms with van der Waals surface area (Å²) in [6.07, 6.45) is 1.89. The number of hydrogen-bond acceptors (Lipinski definition) is 3. The molecule has 1 aromatic carbocycles. The molecule has 0 aliphatic heterocycles. The molecular formula is C16H19F2N3O2. The number of amides is 1. The molecule has 0 saturated heterocycles. The zero-order valence-electron chi connectivity index (χ0n) is 13.2. The lowest BCUT2D eigenvalue weighted by Crippen LogP contribution is -2.26. The van der Waals surface area contributed by atoms with E-state index in [1.54, 1.807) is 10.7 Å². The van der Waals surface area contributed by atoms with Crippen LogP contribution in [0.1, 0.15) is 41.5 Å². The fourth-order valence-corrected chi connectivity index (χ4v) is 2.29. The summed E-state index contributed by atoms with van der Waals surface area (Å²) in [7, 11) is 0. The number of hydrogen-bond donors (Lipinski definition) is 1. The number of carbonyl (C=O) groups excluding carboxylic acids is 1. The van der Waals surface area contributed by atoms with Gasteiger partial charge >= 0.3 is 6.61 Å². The maximum absolute atomic E-state index is 12.3. The van der Waals surface area contributed by atoms with E-state index < -0.39 is 6.61 Å². The highest BCUT2D eigenvalue weighted by atomic mass is 19.3. The molecule has 5 nitrogen and oxygen atoms in total. The maximum Gasteiger partial charge on any atom is 0.387 e. The van der Waals surface area contributed by atoms with Gasteiger partial charge in [0, 0.05) is 23.9 Å². The van der Waals surface area contributed by atoms with E-state index in [4.69, 9.17) is 0 Å². The molecule has 2 rings (SSSR count). The Bertz CT molecular complexity index is 686. The van der Waals surface area contributed by atoms with E-state index >= 15 is 0 Å². The first-order valence-electron chi connectivity index (χ1n) is 7.30. The minimum absolute atomic E-state index is 0.0460. The summed E-state index contributed by atoms with van der Waals surface area (Å²) < 4.78 is 30.6. The Kier molecular flexibility index (Phi) is 5.31. The number of rotatable bonds is 6. The van der Waals surface area contributed by atoms with Crippen LogP contribution in [0.25, 0.3) is 0 Å². The standard InChI is InChI=1S/C16H19F2N3O2/c1-4-21-9-14(11(3)20-21)10(2)19-15(22)12-6-5-7-13(8-12)23-16(17)18/h5-10,16H,4H2,1-3H3,(H,19,22). The van der Waals surface area contributed by atoms with E-state index in [0.717, 1.165) is 17.8 Å². The summed E-state index contributed by atoms with van der Waals surface area (Å²) in [5.74, 6) is -0.406. The van der Waals surface area contributed by atoms with Gasteiger partial charge in [-0.3, -0.25) is 9.48 Å². The van der Waals surface area contributed by atoms with Crippen molar-refractivity contribution in [3.63, 3.8) is 0 Å². The number of benzene rings is 1. The fourth-order valence-electron chi connectivity index (χ4n) is 2.29. The molecule has 0 saturated carbocycles. The molecule has 1 N–H and O–H groups in total. The molecule has 0 aliphatic rings. The largest absolute Gasteiger partial charge is 0.435 e. The average Bonchev–Trinajstić information content (AvgIpc) is 2.88. The van der Waals surface area contributed by atoms with Crippen molar-refractivity contribution in [3.05, 3.63) is 47.3 Å². The van der Waals surface area contributed by atoms with Crippen LogP contribution in [-0.2, 0) is 6.54 Å². The van der Waals surface area contributed by atoms with Gasteiger partial charge in [-0.2, -0.15) is 13.9 Å². The first-order chi connectivity index (χ1) is 10.9. The SMILES string of the molecule is CCn1cc(C(C)NC(=O)c2cccc(OC(F)F)c2)c(C)n1. The van der Waals surface area contributed by atoms with Crippen LogP contribution in [0.5, 0.6) is 5.75 Å². The third kappa shape index (κ3) is 4.28. The van der Waals surface area contributed by atoms with Gasteiger partial charge < -0.3 is 10.1 Å². The van der Waals surface area contributed by atoms with Gasteiger partial charge in [0.2, 0.25) is 0 Å². The molecule has 2 aromatic rings. The number of aromatic nitrogens is 2. The fraction of sp³-hybridized carbons (Fsp3) is 0.375. The van der Waals surface area contributed by atoms with E-state index in [1.165, 1.54) is 18.2 Å². The van der Waals surface area contributed by atoms with Crippen LogP contribution < -0.4 is 10.1 Å². The molecule has 1 unspecified atom stereocenters.